The maximum atomic E-state index is 5.77. The normalized spacial score (nSPS) is 15.8. The number of hydrogen-bond acceptors (Lipinski definition) is 3. The van der Waals surface area contributed by atoms with Gasteiger partial charge in [-0.3, -0.25) is 0 Å². The van der Waals surface area contributed by atoms with Gasteiger partial charge in [-0.05, 0) is 56.6 Å². The Kier molecular flexibility index (Phi) is 7.06. The fourth-order valence-electron chi connectivity index (χ4n) is 2.60. The average molecular weight is 276 g/mol. The van der Waals surface area contributed by atoms with Gasteiger partial charge in [0.1, 0.15) is 0 Å². The molecule has 1 N–H and O–H groups in total. The van der Waals surface area contributed by atoms with E-state index in [1.807, 2.05) is 0 Å². The van der Waals surface area contributed by atoms with Crippen molar-refractivity contribution < 1.29 is 4.74 Å². The highest BCUT2D eigenvalue weighted by Crippen LogP contribution is 2.08. The van der Waals surface area contributed by atoms with Gasteiger partial charge in [-0.2, -0.15) is 0 Å². The molecule has 1 heterocycles. The summed E-state index contributed by atoms with van der Waals surface area (Å²) in [6.07, 6.45) is 3.81. The van der Waals surface area contributed by atoms with Crippen molar-refractivity contribution in [1.29, 1.82) is 0 Å². The molecular formula is C17H28N2O. The van der Waals surface area contributed by atoms with Gasteiger partial charge in [0.05, 0.1) is 13.2 Å². The monoisotopic (exact) mass is 276 g/mol. The summed E-state index contributed by atoms with van der Waals surface area (Å²) < 4.78 is 5.77. The van der Waals surface area contributed by atoms with Crippen LogP contribution in [0.2, 0.25) is 0 Å². The van der Waals surface area contributed by atoms with Crippen molar-refractivity contribution in [3.05, 3.63) is 35.4 Å². The van der Waals surface area contributed by atoms with E-state index < -0.39 is 0 Å². The van der Waals surface area contributed by atoms with Crippen LogP contribution in [0.1, 0.15) is 30.9 Å². The molecular weight excluding hydrogens is 248 g/mol. The van der Waals surface area contributed by atoms with Crippen molar-refractivity contribution >= 4 is 0 Å². The van der Waals surface area contributed by atoms with Crippen LogP contribution in [0.4, 0.5) is 0 Å². The van der Waals surface area contributed by atoms with Gasteiger partial charge in [0, 0.05) is 6.54 Å². The van der Waals surface area contributed by atoms with E-state index in [0.29, 0.717) is 0 Å². The predicted octanol–water partition coefficient (Wildman–Crippen LogP) is 2.45. The van der Waals surface area contributed by atoms with E-state index in [2.05, 4.69) is 41.4 Å². The molecule has 1 aromatic rings. The van der Waals surface area contributed by atoms with Crippen LogP contribution in [-0.4, -0.2) is 44.2 Å². The number of ether oxygens (including phenoxy) is 1. The van der Waals surface area contributed by atoms with Crippen molar-refractivity contribution in [1.82, 2.24) is 10.2 Å². The average Bonchev–Trinajstić information content (AvgIpc) is 2.99. The lowest BCUT2D eigenvalue weighted by molar-refractivity contribution is 0.0992. The predicted molar refractivity (Wildman–Crippen MR) is 84.0 cm³/mol. The van der Waals surface area contributed by atoms with Crippen molar-refractivity contribution in [2.45, 2.75) is 32.8 Å². The minimum absolute atomic E-state index is 0.737. The molecule has 0 unspecified atom stereocenters. The van der Waals surface area contributed by atoms with Gasteiger partial charge < -0.3 is 15.0 Å². The maximum Gasteiger partial charge on any atom is 0.0717 e. The lowest BCUT2D eigenvalue weighted by Crippen LogP contribution is -2.23. The molecule has 112 valence electrons. The van der Waals surface area contributed by atoms with E-state index in [0.717, 1.165) is 39.3 Å². The third-order valence-electron chi connectivity index (χ3n) is 3.88. The van der Waals surface area contributed by atoms with Crippen LogP contribution in [0, 0.1) is 0 Å². The summed E-state index contributed by atoms with van der Waals surface area (Å²) in [4.78, 5) is 2.49. The molecule has 1 aliphatic heterocycles. The van der Waals surface area contributed by atoms with E-state index in [-0.39, 0.29) is 0 Å². The van der Waals surface area contributed by atoms with E-state index in [1.54, 1.807) is 0 Å². The minimum atomic E-state index is 0.737. The van der Waals surface area contributed by atoms with E-state index in [9.17, 15) is 0 Å². The number of nitrogens with one attached hydrogen (secondary N) is 1. The Hall–Kier alpha value is -0.900. The summed E-state index contributed by atoms with van der Waals surface area (Å²) in [5, 5.41) is 3.35. The Morgan fingerprint density at radius 3 is 2.50 bits per heavy atom. The Balaban J connectivity index is 1.60. The van der Waals surface area contributed by atoms with Crippen LogP contribution >= 0.6 is 0 Å². The quantitative estimate of drug-likeness (QED) is 0.701. The smallest absolute Gasteiger partial charge is 0.0717 e. The number of benzene rings is 1. The molecule has 0 atom stereocenters. The second kappa shape index (κ2) is 9.11. The van der Waals surface area contributed by atoms with Gasteiger partial charge in [0.25, 0.3) is 0 Å². The second-order valence-electron chi connectivity index (χ2n) is 5.52. The van der Waals surface area contributed by atoms with Crippen molar-refractivity contribution in [3.63, 3.8) is 0 Å². The lowest BCUT2D eigenvalue weighted by Gasteiger charge is -2.14. The fourth-order valence-corrected chi connectivity index (χ4v) is 2.60. The zero-order valence-electron chi connectivity index (χ0n) is 12.7. The SMILES string of the molecule is CCNCCc1ccc(COCCN2CCCC2)cc1. The molecule has 0 aromatic heterocycles. The van der Waals surface area contributed by atoms with Crippen LogP contribution in [0.3, 0.4) is 0 Å². The number of likely N-dealkylation sites (N-methyl/N-ethyl adjacent to an activating group) is 1. The summed E-state index contributed by atoms with van der Waals surface area (Å²) in [5.41, 5.74) is 2.67. The summed E-state index contributed by atoms with van der Waals surface area (Å²) in [6.45, 7) is 9.42. The lowest BCUT2D eigenvalue weighted by atomic mass is 10.1. The number of rotatable bonds is 9. The maximum absolute atomic E-state index is 5.77. The molecule has 0 bridgehead atoms. The van der Waals surface area contributed by atoms with Gasteiger partial charge in [-0.15, -0.1) is 0 Å². The van der Waals surface area contributed by atoms with E-state index >= 15 is 0 Å². The molecule has 1 saturated heterocycles. The van der Waals surface area contributed by atoms with Crippen molar-refractivity contribution in [2.24, 2.45) is 0 Å². The molecule has 0 saturated carbocycles. The van der Waals surface area contributed by atoms with Gasteiger partial charge >= 0.3 is 0 Å². The van der Waals surface area contributed by atoms with Crippen molar-refractivity contribution in [3.8, 4) is 0 Å². The highest BCUT2D eigenvalue weighted by molar-refractivity contribution is 5.22. The fraction of sp³-hybridized carbons (Fsp3) is 0.647. The third kappa shape index (κ3) is 5.61. The van der Waals surface area contributed by atoms with Crippen LogP contribution < -0.4 is 5.32 Å². The minimum Gasteiger partial charge on any atom is -0.375 e. The van der Waals surface area contributed by atoms with Gasteiger partial charge in [0.2, 0.25) is 0 Å². The molecule has 3 nitrogen and oxygen atoms in total. The van der Waals surface area contributed by atoms with Crippen LogP contribution in [-0.2, 0) is 17.8 Å². The summed E-state index contributed by atoms with van der Waals surface area (Å²) in [7, 11) is 0. The Morgan fingerprint density at radius 1 is 1.10 bits per heavy atom. The largest absolute Gasteiger partial charge is 0.375 e. The van der Waals surface area contributed by atoms with Crippen LogP contribution in [0.15, 0.2) is 24.3 Å². The first kappa shape index (κ1) is 15.5. The third-order valence-corrected chi connectivity index (χ3v) is 3.88. The zero-order valence-corrected chi connectivity index (χ0v) is 12.7. The van der Waals surface area contributed by atoms with E-state index in [4.69, 9.17) is 4.74 Å². The first-order valence-electron chi connectivity index (χ1n) is 7.97. The van der Waals surface area contributed by atoms with Gasteiger partial charge in [-0.1, -0.05) is 31.2 Å². The van der Waals surface area contributed by atoms with Gasteiger partial charge in [0.15, 0.2) is 0 Å². The number of nitrogens with zero attached hydrogens (tertiary/aromatic N) is 1. The highest BCUT2D eigenvalue weighted by atomic mass is 16.5. The zero-order chi connectivity index (χ0) is 14.0. The highest BCUT2D eigenvalue weighted by Gasteiger charge is 2.10. The molecule has 1 aliphatic rings. The second-order valence-corrected chi connectivity index (χ2v) is 5.52. The standard InChI is InChI=1S/C17H28N2O/c1-2-18-10-9-16-5-7-17(8-6-16)15-20-14-13-19-11-3-4-12-19/h5-8,18H,2-4,9-15H2,1H3. The molecule has 0 radical (unpaired) electrons. The number of likely N-dealkylation sites (tertiary alicyclic amines) is 1. The van der Waals surface area contributed by atoms with Crippen LogP contribution in [0.5, 0.6) is 0 Å². The summed E-state index contributed by atoms with van der Waals surface area (Å²) >= 11 is 0. The first-order valence-corrected chi connectivity index (χ1v) is 7.97. The molecule has 1 fully saturated rings. The molecule has 20 heavy (non-hydrogen) atoms. The molecule has 0 spiro atoms. The Bertz CT molecular complexity index is 358. The summed E-state index contributed by atoms with van der Waals surface area (Å²) in [6, 6.07) is 8.82. The molecule has 2 rings (SSSR count). The molecule has 0 amide bonds. The van der Waals surface area contributed by atoms with Crippen LogP contribution in [0.25, 0.3) is 0 Å². The number of hydrogen-bond donors (Lipinski definition) is 1. The first-order chi connectivity index (χ1) is 9.88. The van der Waals surface area contributed by atoms with E-state index in [1.165, 1.54) is 37.1 Å². The van der Waals surface area contributed by atoms with Gasteiger partial charge in [-0.25, -0.2) is 0 Å². The molecule has 0 aliphatic carbocycles. The van der Waals surface area contributed by atoms with Crippen molar-refractivity contribution in [2.75, 3.05) is 39.3 Å². The Morgan fingerprint density at radius 2 is 1.80 bits per heavy atom. The Labute approximate surface area is 123 Å². The molecule has 1 aromatic carbocycles. The topological polar surface area (TPSA) is 24.5 Å². The summed E-state index contributed by atoms with van der Waals surface area (Å²) in [5.74, 6) is 0. The molecule has 3 heteroatoms.